The molecule has 2 aromatic rings. The van der Waals surface area contributed by atoms with Crippen molar-refractivity contribution in [3.8, 4) is 0 Å². The van der Waals surface area contributed by atoms with Crippen LogP contribution in [0.4, 0.5) is 0 Å². The second kappa shape index (κ2) is 7.06. The average Bonchev–Trinajstić information content (AvgIpc) is 2.82. The van der Waals surface area contributed by atoms with Crippen LogP contribution < -0.4 is 9.80 Å². The Hall–Kier alpha value is -1.32. The summed E-state index contributed by atoms with van der Waals surface area (Å²) in [7, 11) is 0. The molecule has 2 fully saturated rings. The zero-order valence-corrected chi connectivity index (χ0v) is 14.2. The van der Waals surface area contributed by atoms with Gasteiger partial charge in [-0.05, 0) is 31.7 Å². The lowest BCUT2D eigenvalue weighted by atomic mass is 10.1. The number of piperazine rings is 1. The molecular weight excluding hydrogens is 282 g/mol. The van der Waals surface area contributed by atoms with E-state index in [0.717, 1.165) is 6.04 Å². The first-order valence-electron chi connectivity index (χ1n) is 9.63. The average molecular weight is 313 g/mol. The Morgan fingerprint density at radius 2 is 1.65 bits per heavy atom. The first-order chi connectivity index (χ1) is 11.4. The number of benzene rings is 1. The van der Waals surface area contributed by atoms with Gasteiger partial charge in [0.25, 0.3) is 0 Å². The summed E-state index contributed by atoms with van der Waals surface area (Å²) in [6.07, 6.45) is 11.1. The number of aromatic nitrogens is 1. The van der Waals surface area contributed by atoms with Crippen molar-refractivity contribution in [2.45, 2.75) is 51.1 Å². The molecule has 0 bridgehead atoms. The summed E-state index contributed by atoms with van der Waals surface area (Å²) in [5.41, 5.74) is 2.78. The number of quaternary nitrogens is 2. The van der Waals surface area contributed by atoms with Crippen LogP contribution in [0, 0.1) is 0 Å². The van der Waals surface area contributed by atoms with Crippen LogP contribution >= 0.6 is 0 Å². The summed E-state index contributed by atoms with van der Waals surface area (Å²) in [6, 6.07) is 9.68. The summed E-state index contributed by atoms with van der Waals surface area (Å²) < 4.78 is 0. The molecule has 0 amide bonds. The number of hydrogen-bond acceptors (Lipinski definition) is 0. The van der Waals surface area contributed by atoms with Crippen LogP contribution in [0.25, 0.3) is 10.9 Å². The molecular formula is C20H31N3+2. The van der Waals surface area contributed by atoms with Gasteiger partial charge in [-0.15, -0.1) is 0 Å². The number of nitrogens with one attached hydrogen (secondary N) is 3. The van der Waals surface area contributed by atoms with E-state index in [0.29, 0.717) is 0 Å². The second-order valence-corrected chi connectivity index (χ2v) is 7.63. The molecule has 0 radical (unpaired) electrons. The minimum atomic E-state index is 0.965. The number of para-hydroxylation sites is 1. The van der Waals surface area contributed by atoms with Crippen LogP contribution in [0.5, 0.6) is 0 Å². The fourth-order valence-electron chi connectivity index (χ4n) is 4.74. The van der Waals surface area contributed by atoms with Crippen LogP contribution in [0.1, 0.15) is 44.1 Å². The molecule has 0 spiro atoms. The molecule has 23 heavy (non-hydrogen) atoms. The molecule has 3 nitrogen and oxygen atoms in total. The second-order valence-electron chi connectivity index (χ2n) is 7.63. The van der Waals surface area contributed by atoms with E-state index in [2.05, 4.69) is 35.4 Å². The van der Waals surface area contributed by atoms with Crippen LogP contribution in [0.2, 0.25) is 0 Å². The van der Waals surface area contributed by atoms with Crippen LogP contribution in [0.3, 0.4) is 0 Å². The zero-order chi connectivity index (χ0) is 15.5. The highest BCUT2D eigenvalue weighted by molar-refractivity contribution is 5.82. The summed E-state index contributed by atoms with van der Waals surface area (Å²) in [6.45, 7) is 6.61. The van der Waals surface area contributed by atoms with Crippen molar-refractivity contribution in [3.63, 3.8) is 0 Å². The maximum absolute atomic E-state index is 3.43. The number of H-pyrrole nitrogens is 1. The molecule has 2 aliphatic rings. The minimum absolute atomic E-state index is 0.965. The predicted molar refractivity (Wildman–Crippen MR) is 94.9 cm³/mol. The van der Waals surface area contributed by atoms with Crippen LogP contribution in [-0.2, 0) is 6.54 Å². The molecule has 0 unspecified atom stereocenters. The van der Waals surface area contributed by atoms with Gasteiger partial charge in [0.05, 0.1) is 6.04 Å². The molecule has 4 rings (SSSR count). The fraction of sp³-hybridized carbons (Fsp3) is 0.600. The summed E-state index contributed by atoms with van der Waals surface area (Å²) in [4.78, 5) is 7.11. The first kappa shape index (κ1) is 15.2. The molecule has 3 heteroatoms. The Kier molecular flexibility index (Phi) is 4.67. The van der Waals surface area contributed by atoms with Gasteiger partial charge in [-0.1, -0.05) is 31.0 Å². The Labute approximate surface area is 139 Å². The summed E-state index contributed by atoms with van der Waals surface area (Å²) in [5, 5.41) is 1.42. The first-order valence-corrected chi connectivity index (χ1v) is 9.63. The highest BCUT2D eigenvalue weighted by atomic mass is 15.3. The maximum Gasteiger partial charge on any atom is 0.127 e. The Morgan fingerprint density at radius 3 is 2.43 bits per heavy atom. The smallest absolute Gasteiger partial charge is 0.127 e. The Morgan fingerprint density at radius 1 is 0.913 bits per heavy atom. The van der Waals surface area contributed by atoms with Crippen molar-refractivity contribution in [1.82, 2.24) is 4.98 Å². The van der Waals surface area contributed by atoms with Gasteiger partial charge < -0.3 is 14.8 Å². The van der Waals surface area contributed by atoms with E-state index in [1.54, 1.807) is 4.90 Å². The maximum atomic E-state index is 3.43. The Bertz CT molecular complexity index is 617. The van der Waals surface area contributed by atoms with Crippen molar-refractivity contribution in [3.05, 3.63) is 36.0 Å². The van der Waals surface area contributed by atoms with Gasteiger partial charge in [0, 0.05) is 22.7 Å². The molecule has 3 N–H and O–H groups in total. The van der Waals surface area contributed by atoms with Gasteiger partial charge in [0.15, 0.2) is 0 Å². The minimum Gasteiger partial charge on any atom is -0.361 e. The summed E-state index contributed by atoms with van der Waals surface area (Å²) >= 11 is 0. The lowest BCUT2D eigenvalue weighted by Gasteiger charge is -2.34. The van der Waals surface area contributed by atoms with E-state index in [1.807, 2.05) is 4.90 Å². The molecule has 0 atom stereocenters. The lowest BCUT2D eigenvalue weighted by Crippen LogP contribution is -3.29. The molecule has 1 saturated heterocycles. The van der Waals surface area contributed by atoms with E-state index in [9.17, 15) is 0 Å². The van der Waals surface area contributed by atoms with Crippen LogP contribution in [0.15, 0.2) is 30.5 Å². The standard InChI is InChI=1S/C20H29N3/c1-2-4-8-18(7-3-1)23-13-11-22(12-14-23)16-17-15-21-20-10-6-5-9-19(17)20/h5-6,9-10,15,18,21H,1-4,7-8,11-14,16H2/p+2. The van der Waals surface area contributed by atoms with Crippen molar-refractivity contribution < 1.29 is 9.80 Å². The lowest BCUT2D eigenvalue weighted by molar-refractivity contribution is -1.03. The number of fused-ring (bicyclic) bond motifs is 1. The molecule has 124 valence electrons. The summed E-state index contributed by atoms with van der Waals surface area (Å²) in [5.74, 6) is 0. The molecule has 2 heterocycles. The van der Waals surface area contributed by atoms with E-state index in [1.165, 1.54) is 87.7 Å². The third kappa shape index (κ3) is 3.46. The van der Waals surface area contributed by atoms with Crippen molar-refractivity contribution in [2.24, 2.45) is 0 Å². The van der Waals surface area contributed by atoms with Crippen LogP contribution in [-0.4, -0.2) is 37.2 Å². The van der Waals surface area contributed by atoms with Gasteiger partial charge in [-0.25, -0.2) is 0 Å². The van der Waals surface area contributed by atoms with Crippen molar-refractivity contribution in [2.75, 3.05) is 26.2 Å². The largest absolute Gasteiger partial charge is 0.361 e. The fourth-order valence-corrected chi connectivity index (χ4v) is 4.74. The van der Waals surface area contributed by atoms with E-state index < -0.39 is 0 Å². The SMILES string of the molecule is c1ccc2c(C[NH+]3CC[NH+](C4CCCCCC4)CC3)c[nH]c2c1. The van der Waals surface area contributed by atoms with E-state index >= 15 is 0 Å². The third-order valence-corrected chi connectivity index (χ3v) is 6.15. The highest BCUT2D eigenvalue weighted by Gasteiger charge is 2.29. The van der Waals surface area contributed by atoms with Crippen molar-refractivity contribution in [1.29, 1.82) is 0 Å². The quantitative estimate of drug-likeness (QED) is 0.709. The van der Waals surface area contributed by atoms with Gasteiger partial charge in [0.1, 0.15) is 32.7 Å². The number of aromatic amines is 1. The normalized spacial score (nSPS) is 27.1. The van der Waals surface area contributed by atoms with Gasteiger partial charge >= 0.3 is 0 Å². The zero-order valence-electron chi connectivity index (χ0n) is 14.2. The monoisotopic (exact) mass is 313 g/mol. The molecule has 1 aromatic carbocycles. The molecule has 1 aromatic heterocycles. The van der Waals surface area contributed by atoms with Gasteiger partial charge in [-0.2, -0.15) is 0 Å². The molecule has 1 aliphatic heterocycles. The van der Waals surface area contributed by atoms with Gasteiger partial charge in [0.2, 0.25) is 0 Å². The topological polar surface area (TPSA) is 24.7 Å². The number of rotatable bonds is 3. The highest BCUT2D eigenvalue weighted by Crippen LogP contribution is 2.17. The molecule has 1 saturated carbocycles. The Balaban J connectivity index is 1.34. The predicted octanol–water partition coefficient (Wildman–Crippen LogP) is 1.17. The van der Waals surface area contributed by atoms with Crippen molar-refractivity contribution >= 4 is 10.9 Å². The van der Waals surface area contributed by atoms with Gasteiger partial charge in [-0.3, -0.25) is 0 Å². The molecule has 1 aliphatic carbocycles. The van der Waals surface area contributed by atoms with E-state index in [-0.39, 0.29) is 0 Å². The third-order valence-electron chi connectivity index (χ3n) is 6.15. The van der Waals surface area contributed by atoms with E-state index in [4.69, 9.17) is 0 Å². The number of hydrogen-bond donors (Lipinski definition) is 3.